The number of aromatic nitrogens is 1. The van der Waals surface area contributed by atoms with Crippen LogP contribution in [0, 0.1) is 13.8 Å². The van der Waals surface area contributed by atoms with E-state index in [0.29, 0.717) is 35.1 Å². The van der Waals surface area contributed by atoms with E-state index in [2.05, 4.69) is 35.5 Å². The van der Waals surface area contributed by atoms with Crippen LogP contribution in [0.1, 0.15) is 28.4 Å². The van der Waals surface area contributed by atoms with E-state index < -0.39 is 0 Å². The van der Waals surface area contributed by atoms with Gasteiger partial charge >= 0.3 is 0 Å². The maximum absolute atomic E-state index is 12.6. The Hall–Kier alpha value is -1.95. The van der Waals surface area contributed by atoms with Crippen molar-refractivity contribution < 1.29 is 9.53 Å². The molecule has 0 bridgehead atoms. The minimum absolute atomic E-state index is 0.333. The predicted octanol–water partition coefficient (Wildman–Crippen LogP) is 4.75. The van der Waals surface area contributed by atoms with Crippen molar-refractivity contribution >= 4 is 39.1 Å². The summed E-state index contributed by atoms with van der Waals surface area (Å²) in [5, 5.41) is 0.412. The Morgan fingerprint density at radius 2 is 1.96 bits per heavy atom. The van der Waals surface area contributed by atoms with Gasteiger partial charge in [0.2, 0.25) is 0 Å². The topological polar surface area (TPSA) is 43.6 Å². The summed E-state index contributed by atoms with van der Waals surface area (Å²) >= 11 is 7.65. The zero-order chi connectivity index (χ0) is 18.7. The number of carbonyl (C=O) groups is 1. The van der Waals surface area contributed by atoms with Gasteiger partial charge < -0.3 is 9.30 Å². The van der Waals surface area contributed by atoms with Crippen molar-refractivity contribution in [2.75, 3.05) is 13.2 Å². The van der Waals surface area contributed by atoms with Crippen LogP contribution in [-0.4, -0.2) is 23.7 Å². The third-order valence-corrected chi connectivity index (χ3v) is 5.63. The van der Waals surface area contributed by atoms with E-state index in [0.717, 1.165) is 10.2 Å². The van der Waals surface area contributed by atoms with Crippen LogP contribution in [0.3, 0.4) is 0 Å². The molecule has 4 nitrogen and oxygen atoms in total. The van der Waals surface area contributed by atoms with Crippen LogP contribution in [-0.2, 0) is 11.3 Å². The molecule has 0 aliphatic rings. The van der Waals surface area contributed by atoms with Gasteiger partial charge in [0.05, 0.1) is 27.4 Å². The van der Waals surface area contributed by atoms with Crippen molar-refractivity contribution in [1.82, 2.24) is 4.57 Å². The molecule has 26 heavy (non-hydrogen) atoms. The lowest BCUT2D eigenvalue weighted by Gasteiger charge is -2.07. The molecule has 0 N–H and O–H groups in total. The quantitative estimate of drug-likeness (QED) is 0.592. The molecule has 0 saturated carbocycles. The first-order chi connectivity index (χ1) is 12.5. The van der Waals surface area contributed by atoms with Gasteiger partial charge in [0.25, 0.3) is 5.91 Å². The Morgan fingerprint density at radius 3 is 2.69 bits per heavy atom. The first-order valence-electron chi connectivity index (χ1n) is 8.53. The summed E-state index contributed by atoms with van der Waals surface area (Å²) in [5.74, 6) is -0.333. The molecule has 0 saturated heterocycles. The van der Waals surface area contributed by atoms with E-state index in [1.165, 1.54) is 22.5 Å². The van der Waals surface area contributed by atoms with E-state index in [-0.39, 0.29) is 5.91 Å². The molecule has 0 atom stereocenters. The third-order valence-electron chi connectivity index (χ3n) is 4.26. The second-order valence-electron chi connectivity index (χ2n) is 6.03. The molecule has 1 aromatic heterocycles. The molecule has 136 valence electrons. The van der Waals surface area contributed by atoms with E-state index >= 15 is 0 Å². The number of fused-ring (bicyclic) bond motifs is 1. The number of nitrogens with zero attached hydrogens (tertiary/aromatic N) is 2. The van der Waals surface area contributed by atoms with Crippen LogP contribution >= 0.6 is 22.9 Å². The smallest absolute Gasteiger partial charge is 0.281 e. The summed E-state index contributed by atoms with van der Waals surface area (Å²) < 4.78 is 8.67. The molecular formula is C20H21ClN2O2S. The van der Waals surface area contributed by atoms with Crippen molar-refractivity contribution in [2.45, 2.75) is 27.3 Å². The first kappa shape index (κ1) is 18.8. The van der Waals surface area contributed by atoms with Crippen molar-refractivity contribution in [3.63, 3.8) is 0 Å². The monoisotopic (exact) mass is 388 g/mol. The van der Waals surface area contributed by atoms with Gasteiger partial charge in [0, 0.05) is 13.2 Å². The zero-order valence-electron chi connectivity index (χ0n) is 15.1. The summed E-state index contributed by atoms with van der Waals surface area (Å²) in [7, 11) is 0. The van der Waals surface area contributed by atoms with E-state index in [4.69, 9.17) is 16.3 Å². The van der Waals surface area contributed by atoms with Gasteiger partial charge in [-0.05, 0) is 56.2 Å². The summed E-state index contributed by atoms with van der Waals surface area (Å²) in [5.41, 5.74) is 3.92. The molecule has 0 fully saturated rings. The number of rotatable bonds is 5. The van der Waals surface area contributed by atoms with Crippen molar-refractivity contribution in [1.29, 1.82) is 0 Å². The Kier molecular flexibility index (Phi) is 5.91. The highest BCUT2D eigenvalue weighted by molar-refractivity contribution is 7.16. The van der Waals surface area contributed by atoms with Gasteiger partial charge in [-0.15, -0.1) is 0 Å². The van der Waals surface area contributed by atoms with E-state index in [9.17, 15) is 4.79 Å². The molecule has 0 spiro atoms. The predicted molar refractivity (Wildman–Crippen MR) is 107 cm³/mol. The Bertz CT molecular complexity index is 1020. The average Bonchev–Trinajstić information content (AvgIpc) is 2.92. The van der Waals surface area contributed by atoms with Gasteiger partial charge in [-0.3, -0.25) is 4.79 Å². The molecule has 0 aliphatic heterocycles. The number of ether oxygens (including phenoxy) is 1. The number of benzene rings is 2. The molecule has 0 unspecified atom stereocenters. The fourth-order valence-corrected chi connectivity index (χ4v) is 4.06. The highest BCUT2D eigenvalue weighted by Gasteiger charge is 2.12. The van der Waals surface area contributed by atoms with Gasteiger partial charge in [-0.25, -0.2) is 0 Å². The average molecular weight is 389 g/mol. The standard InChI is InChI=1S/C20H21ClN2O2S/c1-4-25-10-9-23-17-11-13(2)14(3)12-18(17)26-20(23)22-19(24)15-7-5-6-8-16(15)21/h5-8,11-12H,4,9-10H2,1-3H3. The number of aryl methyl sites for hydroxylation is 2. The number of thiazole rings is 1. The molecule has 0 aliphatic carbocycles. The SMILES string of the molecule is CCOCCn1c(=NC(=O)c2ccccc2Cl)sc2cc(C)c(C)cc21. The Balaban J connectivity index is 2.12. The zero-order valence-corrected chi connectivity index (χ0v) is 16.7. The van der Waals surface area contributed by atoms with Crippen molar-refractivity contribution in [3.8, 4) is 0 Å². The number of halogens is 1. The van der Waals surface area contributed by atoms with Crippen LogP contribution in [0.15, 0.2) is 41.4 Å². The second-order valence-corrected chi connectivity index (χ2v) is 7.45. The molecule has 3 aromatic rings. The summed E-state index contributed by atoms with van der Waals surface area (Å²) in [6.45, 7) is 8.02. The van der Waals surface area contributed by atoms with Gasteiger partial charge in [-0.2, -0.15) is 4.99 Å². The lowest BCUT2D eigenvalue weighted by molar-refractivity contribution is 0.0997. The lowest BCUT2D eigenvalue weighted by atomic mass is 10.1. The fraction of sp³-hybridized carbons (Fsp3) is 0.300. The van der Waals surface area contributed by atoms with Crippen LogP contribution in [0.2, 0.25) is 5.02 Å². The van der Waals surface area contributed by atoms with Crippen LogP contribution < -0.4 is 4.80 Å². The maximum atomic E-state index is 12.6. The van der Waals surface area contributed by atoms with E-state index in [1.54, 1.807) is 24.3 Å². The lowest BCUT2D eigenvalue weighted by Crippen LogP contribution is -2.20. The molecule has 0 radical (unpaired) electrons. The van der Waals surface area contributed by atoms with Crippen LogP contribution in [0.25, 0.3) is 10.2 Å². The number of amides is 1. The Labute approximate surface area is 161 Å². The third kappa shape index (κ3) is 3.90. The number of hydrogen-bond donors (Lipinski definition) is 0. The number of carbonyl (C=O) groups excluding carboxylic acids is 1. The van der Waals surface area contributed by atoms with Crippen LogP contribution in [0.5, 0.6) is 0 Å². The molecule has 1 amide bonds. The molecule has 2 aromatic carbocycles. The largest absolute Gasteiger partial charge is 0.380 e. The normalized spacial score (nSPS) is 12.1. The summed E-state index contributed by atoms with van der Waals surface area (Å²) in [6, 6.07) is 11.3. The van der Waals surface area contributed by atoms with Crippen molar-refractivity contribution in [2.24, 2.45) is 4.99 Å². The van der Waals surface area contributed by atoms with Gasteiger partial charge in [0.15, 0.2) is 4.80 Å². The van der Waals surface area contributed by atoms with E-state index in [1.807, 2.05) is 6.92 Å². The summed E-state index contributed by atoms with van der Waals surface area (Å²) in [4.78, 5) is 17.7. The minimum atomic E-state index is -0.333. The molecular weight excluding hydrogens is 368 g/mol. The second kappa shape index (κ2) is 8.16. The molecule has 6 heteroatoms. The molecule has 3 rings (SSSR count). The highest BCUT2D eigenvalue weighted by Crippen LogP contribution is 2.22. The highest BCUT2D eigenvalue weighted by atomic mass is 35.5. The maximum Gasteiger partial charge on any atom is 0.281 e. The fourth-order valence-electron chi connectivity index (χ4n) is 2.70. The van der Waals surface area contributed by atoms with Crippen LogP contribution in [0.4, 0.5) is 0 Å². The number of hydrogen-bond acceptors (Lipinski definition) is 3. The molecule has 1 heterocycles. The first-order valence-corrected chi connectivity index (χ1v) is 9.72. The van der Waals surface area contributed by atoms with Gasteiger partial charge in [-0.1, -0.05) is 35.1 Å². The minimum Gasteiger partial charge on any atom is -0.380 e. The van der Waals surface area contributed by atoms with Gasteiger partial charge in [0.1, 0.15) is 0 Å². The Morgan fingerprint density at radius 1 is 1.23 bits per heavy atom. The van der Waals surface area contributed by atoms with Crippen molar-refractivity contribution in [3.05, 3.63) is 62.9 Å². The summed E-state index contributed by atoms with van der Waals surface area (Å²) in [6.07, 6.45) is 0.